The van der Waals surface area contributed by atoms with Gasteiger partial charge in [-0.2, -0.15) is 0 Å². The highest BCUT2D eigenvalue weighted by atomic mass is 16.3. The first-order chi connectivity index (χ1) is 8.56. The summed E-state index contributed by atoms with van der Waals surface area (Å²) in [6.07, 6.45) is 2.27. The molecule has 1 fully saturated rings. The highest BCUT2D eigenvalue weighted by molar-refractivity contribution is 5.80. The summed E-state index contributed by atoms with van der Waals surface area (Å²) in [6, 6.07) is 7.35. The normalized spacial score (nSPS) is 24.5. The van der Waals surface area contributed by atoms with E-state index in [2.05, 4.69) is 19.0 Å². The van der Waals surface area contributed by atoms with Crippen LogP contribution in [-0.2, 0) is 4.79 Å². The molecule has 1 N–H and O–H groups in total. The Morgan fingerprint density at radius 1 is 1.39 bits per heavy atom. The number of carbonyl (C=O) groups excluding carboxylic acids is 1. The second-order valence-corrected chi connectivity index (χ2v) is 5.51. The van der Waals surface area contributed by atoms with Crippen LogP contribution in [0, 0.1) is 5.92 Å². The van der Waals surface area contributed by atoms with Crippen LogP contribution in [0.15, 0.2) is 24.3 Å². The molecule has 0 aliphatic heterocycles. The molecule has 0 radical (unpaired) electrons. The van der Waals surface area contributed by atoms with Gasteiger partial charge in [0, 0.05) is 19.4 Å². The maximum absolute atomic E-state index is 11.7. The number of nitrogens with zero attached hydrogens (tertiary/aromatic N) is 1. The fraction of sp³-hybridized carbons (Fsp3) is 0.533. The standard InChI is InChI=1S/C15H21NO2/c1-16(2)10-12-6-7-14(18)9-15(12)11-4-3-5-13(17)8-11/h3-5,8,12,15,17H,6-7,9-10H2,1-2H3/t12-,15+/m0/s1. The van der Waals surface area contributed by atoms with Crippen LogP contribution in [0.2, 0.25) is 0 Å². The van der Waals surface area contributed by atoms with Crippen molar-refractivity contribution in [3.8, 4) is 5.75 Å². The molecule has 3 heteroatoms. The molecule has 0 saturated heterocycles. The van der Waals surface area contributed by atoms with E-state index in [9.17, 15) is 9.90 Å². The summed E-state index contributed by atoms with van der Waals surface area (Å²) >= 11 is 0. The molecule has 1 aromatic rings. The third-order valence-corrected chi connectivity index (χ3v) is 3.71. The SMILES string of the molecule is CN(C)C[C@@H]1CCC(=O)C[C@@H]1c1cccc(O)c1. The van der Waals surface area contributed by atoms with Crippen LogP contribution in [-0.4, -0.2) is 36.4 Å². The van der Waals surface area contributed by atoms with Gasteiger partial charge < -0.3 is 10.0 Å². The van der Waals surface area contributed by atoms with E-state index in [0.29, 0.717) is 24.5 Å². The summed E-state index contributed by atoms with van der Waals surface area (Å²) in [5, 5.41) is 9.58. The molecular weight excluding hydrogens is 226 g/mol. The predicted octanol–water partition coefficient (Wildman–Crippen LogP) is 2.41. The summed E-state index contributed by atoms with van der Waals surface area (Å²) in [7, 11) is 4.13. The fourth-order valence-corrected chi connectivity index (χ4v) is 2.89. The summed E-state index contributed by atoms with van der Waals surface area (Å²) in [6.45, 7) is 0.994. The number of benzene rings is 1. The number of phenolic OH excluding ortho intramolecular Hbond substituents is 1. The van der Waals surface area contributed by atoms with Gasteiger partial charge in [0.25, 0.3) is 0 Å². The smallest absolute Gasteiger partial charge is 0.133 e. The number of hydrogen-bond acceptors (Lipinski definition) is 3. The van der Waals surface area contributed by atoms with E-state index in [1.54, 1.807) is 12.1 Å². The van der Waals surface area contributed by atoms with Crippen molar-refractivity contribution in [1.29, 1.82) is 0 Å². The minimum atomic E-state index is 0.251. The number of Topliss-reactive ketones (excluding diaryl/α,β-unsaturated/α-hetero) is 1. The zero-order valence-electron chi connectivity index (χ0n) is 11.1. The van der Waals surface area contributed by atoms with Crippen LogP contribution in [0.1, 0.15) is 30.7 Å². The highest BCUT2D eigenvalue weighted by Gasteiger charge is 2.30. The number of aromatic hydroxyl groups is 1. The van der Waals surface area contributed by atoms with Gasteiger partial charge in [0.1, 0.15) is 11.5 Å². The maximum atomic E-state index is 11.7. The van der Waals surface area contributed by atoms with E-state index in [1.165, 1.54) is 0 Å². The van der Waals surface area contributed by atoms with Gasteiger partial charge in [-0.25, -0.2) is 0 Å². The molecular formula is C15H21NO2. The first kappa shape index (κ1) is 13.1. The molecule has 0 bridgehead atoms. The van der Waals surface area contributed by atoms with E-state index in [-0.39, 0.29) is 11.7 Å². The predicted molar refractivity (Wildman–Crippen MR) is 71.7 cm³/mol. The Bertz CT molecular complexity index is 428. The van der Waals surface area contributed by atoms with Crippen molar-refractivity contribution < 1.29 is 9.90 Å². The minimum absolute atomic E-state index is 0.251. The van der Waals surface area contributed by atoms with Crippen LogP contribution in [0.3, 0.4) is 0 Å². The van der Waals surface area contributed by atoms with Gasteiger partial charge in [-0.3, -0.25) is 4.79 Å². The van der Waals surface area contributed by atoms with Crippen molar-refractivity contribution in [2.75, 3.05) is 20.6 Å². The third-order valence-electron chi connectivity index (χ3n) is 3.71. The molecule has 2 atom stereocenters. The van der Waals surface area contributed by atoms with Crippen LogP contribution < -0.4 is 0 Å². The second kappa shape index (κ2) is 5.53. The van der Waals surface area contributed by atoms with Crippen molar-refractivity contribution >= 4 is 5.78 Å². The number of hydrogen-bond donors (Lipinski definition) is 1. The van der Waals surface area contributed by atoms with Crippen molar-refractivity contribution in [3.63, 3.8) is 0 Å². The summed E-state index contributed by atoms with van der Waals surface area (Å²) in [4.78, 5) is 13.9. The molecule has 3 nitrogen and oxygen atoms in total. The summed E-state index contributed by atoms with van der Waals surface area (Å²) in [5.41, 5.74) is 1.09. The number of phenols is 1. The number of rotatable bonds is 3. The van der Waals surface area contributed by atoms with Gasteiger partial charge >= 0.3 is 0 Å². The zero-order valence-corrected chi connectivity index (χ0v) is 11.1. The average Bonchev–Trinajstić information content (AvgIpc) is 2.31. The summed E-state index contributed by atoms with van der Waals surface area (Å²) in [5.74, 6) is 1.38. The highest BCUT2D eigenvalue weighted by Crippen LogP contribution is 2.37. The molecule has 1 aromatic carbocycles. The fourth-order valence-electron chi connectivity index (χ4n) is 2.89. The molecule has 0 unspecified atom stereocenters. The molecule has 0 aromatic heterocycles. The Hall–Kier alpha value is -1.35. The third kappa shape index (κ3) is 3.10. The van der Waals surface area contributed by atoms with E-state index < -0.39 is 0 Å². The molecule has 0 spiro atoms. The van der Waals surface area contributed by atoms with Gasteiger partial charge in [-0.15, -0.1) is 0 Å². The lowest BCUT2D eigenvalue weighted by Gasteiger charge is -2.33. The zero-order chi connectivity index (χ0) is 13.1. The molecule has 1 aliphatic rings. The molecule has 2 rings (SSSR count). The van der Waals surface area contributed by atoms with Crippen molar-refractivity contribution in [2.24, 2.45) is 5.92 Å². The molecule has 0 heterocycles. The monoisotopic (exact) mass is 247 g/mol. The Balaban J connectivity index is 2.22. The minimum Gasteiger partial charge on any atom is -0.508 e. The van der Waals surface area contributed by atoms with E-state index in [4.69, 9.17) is 0 Å². The van der Waals surface area contributed by atoms with Gasteiger partial charge in [0.2, 0.25) is 0 Å². The van der Waals surface area contributed by atoms with Gasteiger partial charge in [-0.1, -0.05) is 12.1 Å². The van der Waals surface area contributed by atoms with Crippen molar-refractivity contribution in [1.82, 2.24) is 4.90 Å². The Labute approximate surface area is 108 Å². The van der Waals surface area contributed by atoms with E-state index in [0.717, 1.165) is 18.5 Å². The second-order valence-electron chi connectivity index (χ2n) is 5.51. The van der Waals surface area contributed by atoms with Crippen LogP contribution >= 0.6 is 0 Å². The molecule has 0 amide bonds. The quantitative estimate of drug-likeness (QED) is 0.891. The molecule has 1 saturated carbocycles. The Morgan fingerprint density at radius 2 is 2.17 bits per heavy atom. The van der Waals surface area contributed by atoms with Gasteiger partial charge in [0.05, 0.1) is 0 Å². The topological polar surface area (TPSA) is 40.5 Å². The van der Waals surface area contributed by atoms with E-state index in [1.807, 2.05) is 12.1 Å². The number of carbonyl (C=O) groups is 1. The average molecular weight is 247 g/mol. The van der Waals surface area contributed by atoms with Gasteiger partial charge in [-0.05, 0) is 50.0 Å². The van der Waals surface area contributed by atoms with Crippen molar-refractivity contribution in [2.45, 2.75) is 25.2 Å². The molecule has 1 aliphatic carbocycles. The summed E-state index contributed by atoms with van der Waals surface area (Å²) < 4.78 is 0. The maximum Gasteiger partial charge on any atom is 0.133 e. The molecule has 98 valence electrons. The Morgan fingerprint density at radius 3 is 2.83 bits per heavy atom. The van der Waals surface area contributed by atoms with Gasteiger partial charge in [0.15, 0.2) is 0 Å². The first-order valence-electron chi connectivity index (χ1n) is 6.51. The van der Waals surface area contributed by atoms with E-state index >= 15 is 0 Å². The largest absolute Gasteiger partial charge is 0.508 e. The molecule has 18 heavy (non-hydrogen) atoms. The lowest BCUT2D eigenvalue weighted by atomic mass is 9.74. The first-order valence-corrected chi connectivity index (χ1v) is 6.51. The number of ketones is 1. The Kier molecular flexibility index (Phi) is 4.02. The van der Waals surface area contributed by atoms with Crippen molar-refractivity contribution in [3.05, 3.63) is 29.8 Å². The lowest BCUT2D eigenvalue weighted by Crippen LogP contribution is -2.31. The lowest BCUT2D eigenvalue weighted by molar-refractivity contribution is -0.121. The van der Waals surface area contributed by atoms with Crippen LogP contribution in [0.4, 0.5) is 0 Å². The van der Waals surface area contributed by atoms with Crippen LogP contribution in [0.5, 0.6) is 5.75 Å². The van der Waals surface area contributed by atoms with Crippen LogP contribution in [0.25, 0.3) is 0 Å².